The first-order valence-corrected chi connectivity index (χ1v) is 5.50. The highest BCUT2D eigenvalue weighted by Gasteiger charge is 2.37. The molecule has 0 rings (SSSR count). The molecule has 82 valence electrons. The van der Waals surface area contributed by atoms with Crippen molar-refractivity contribution < 1.29 is 0 Å². The molecule has 0 aromatic rings. The molecule has 0 saturated carbocycles. The normalized spacial score (nSPS) is 17.0. The van der Waals surface area contributed by atoms with Crippen molar-refractivity contribution in [2.45, 2.75) is 59.9 Å². The van der Waals surface area contributed by atoms with Crippen molar-refractivity contribution in [1.82, 2.24) is 0 Å². The molecule has 14 heavy (non-hydrogen) atoms. The zero-order valence-corrected chi connectivity index (χ0v) is 10.6. The molecule has 0 N–H and O–H groups in total. The molecule has 0 aromatic heterocycles. The van der Waals surface area contributed by atoms with Crippen LogP contribution >= 0.6 is 0 Å². The molecule has 0 heterocycles. The summed E-state index contributed by atoms with van der Waals surface area (Å²) in [5, 5.41) is 0. The zero-order valence-electron chi connectivity index (χ0n) is 10.6. The maximum atomic E-state index is 4.69. The highest BCUT2D eigenvalue weighted by atomic mass is 14.9. The minimum Gasteiger partial charge on any atom is -0.286 e. The van der Waals surface area contributed by atoms with E-state index >= 15 is 0 Å². The quantitative estimate of drug-likeness (QED) is 0.582. The van der Waals surface area contributed by atoms with Crippen LogP contribution < -0.4 is 0 Å². The van der Waals surface area contributed by atoms with Crippen LogP contribution in [0.5, 0.6) is 0 Å². The van der Waals surface area contributed by atoms with Crippen LogP contribution in [0.25, 0.3) is 0 Å². The topological polar surface area (TPSA) is 12.4 Å². The fourth-order valence-electron chi connectivity index (χ4n) is 1.38. The smallest absolute Gasteiger partial charge is 0.0628 e. The van der Waals surface area contributed by atoms with Gasteiger partial charge >= 0.3 is 0 Å². The van der Waals surface area contributed by atoms with Gasteiger partial charge in [-0.05, 0) is 37.7 Å². The summed E-state index contributed by atoms with van der Waals surface area (Å²) in [7, 11) is 0. The predicted octanol–water partition coefficient (Wildman–Crippen LogP) is 4.24. The summed E-state index contributed by atoms with van der Waals surface area (Å²) in [4.78, 5) is 4.69. The molecule has 0 amide bonds. The van der Waals surface area contributed by atoms with Crippen molar-refractivity contribution in [3.63, 3.8) is 0 Å². The third-order valence-electron chi connectivity index (χ3n) is 3.60. The minimum atomic E-state index is 0.0285. The second-order valence-electron chi connectivity index (χ2n) is 4.97. The van der Waals surface area contributed by atoms with Gasteiger partial charge in [-0.2, -0.15) is 0 Å². The monoisotopic (exact) mass is 195 g/mol. The molecule has 0 fully saturated rings. The van der Waals surface area contributed by atoms with E-state index in [1.807, 2.05) is 13.1 Å². The first-order chi connectivity index (χ1) is 6.29. The van der Waals surface area contributed by atoms with Crippen LogP contribution in [-0.2, 0) is 0 Å². The van der Waals surface area contributed by atoms with Crippen LogP contribution in [0, 0.1) is 5.41 Å². The Bertz CT molecular complexity index is 225. The Morgan fingerprint density at radius 3 is 2.00 bits per heavy atom. The van der Waals surface area contributed by atoms with Crippen LogP contribution in [0.15, 0.2) is 17.1 Å². The molecule has 0 saturated heterocycles. The van der Waals surface area contributed by atoms with E-state index in [-0.39, 0.29) is 11.0 Å². The van der Waals surface area contributed by atoms with E-state index in [9.17, 15) is 0 Å². The van der Waals surface area contributed by atoms with E-state index in [4.69, 9.17) is 4.99 Å². The maximum Gasteiger partial charge on any atom is 0.0628 e. The SMILES string of the molecule is C=C(C)/C=N/C(C)(CC)C(C)(C)CC. The van der Waals surface area contributed by atoms with Gasteiger partial charge in [0.15, 0.2) is 0 Å². The molecular formula is C13H25N. The van der Waals surface area contributed by atoms with Gasteiger partial charge in [0.2, 0.25) is 0 Å². The highest BCUT2D eigenvalue weighted by molar-refractivity contribution is 5.77. The van der Waals surface area contributed by atoms with Crippen molar-refractivity contribution in [2.24, 2.45) is 10.4 Å². The zero-order chi connectivity index (χ0) is 11.4. The Kier molecular flexibility index (Phi) is 4.57. The average Bonchev–Trinajstić information content (AvgIpc) is 2.13. The van der Waals surface area contributed by atoms with Crippen molar-refractivity contribution in [2.75, 3.05) is 0 Å². The van der Waals surface area contributed by atoms with Crippen LogP contribution in [0.1, 0.15) is 54.4 Å². The Hall–Kier alpha value is -0.590. The van der Waals surface area contributed by atoms with Crippen LogP contribution in [0.4, 0.5) is 0 Å². The minimum absolute atomic E-state index is 0.0285. The van der Waals surface area contributed by atoms with E-state index in [0.717, 1.165) is 18.4 Å². The molecule has 1 heteroatoms. The number of hydrogen-bond acceptors (Lipinski definition) is 1. The second kappa shape index (κ2) is 4.77. The molecule has 0 bridgehead atoms. The Morgan fingerprint density at radius 1 is 1.21 bits per heavy atom. The summed E-state index contributed by atoms with van der Waals surface area (Å²) in [5.74, 6) is 0. The maximum absolute atomic E-state index is 4.69. The Morgan fingerprint density at radius 2 is 1.71 bits per heavy atom. The molecule has 0 aliphatic heterocycles. The summed E-state index contributed by atoms with van der Waals surface area (Å²) in [5.41, 5.74) is 1.30. The molecule has 1 nitrogen and oxygen atoms in total. The molecule has 0 radical (unpaired) electrons. The van der Waals surface area contributed by atoms with E-state index in [0.29, 0.717) is 0 Å². The van der Waals surface area contributed by atoms with Crippen molar-refractivity contribution in [3.8, 4) is 0 Å². The van der Waals surface area contributed by atoms with E-state index in [2.05, 4.69) is 41.2 Å². The van der Waals surface area contributed by atoms with Gasteiger partial charge < -0.3 is 0 Å². The van der Waals surface area contributed by atoms with Gasteiger partial charge in [0.05, 0.1) is 5.54 Å². The van der Waals surface area contributed by atoms with Crippen LogP contribution in [-0.4, -0.2) is 11.8 Å². The van der Waals surface area contributed by atoms with Crippen molar-refractivity contribution >= 4 is 6.21 Å². The molecular weight excluding hydrogens is 170 g/mol. The van der Waals surface area contributed by atoms with E-state index < -0.39 is 0 Å². The van der Waals surface area contributed by atoms with Crippen molar-refractivity contribution in [1.29, 1.82) is 0 Å². The number of rotatable bonds is 5. The Labute approximate surface area is 89.3 Å². The summed E-state index contributed by atoms with van der Waals surface area (Å²) in [6, 6.07) is 0. The molecule has 1 unspecified atom stereocenters. The third kappa shape index (κ3) is 2.97. The molecule has 0 aliphatic carbocycles. The van der Waals surface area contributed by atoms with E-state index in [1.54, 1.807) is 0 Å². The lowest BCUT2D eigenvalue weighted by Crippen LogP contribution is -2.39. The van der Waals surface area contributed by atoms with Gasteiger partial charge in [-0.1, -0.05) is 34.3 Å². The standard InChI is InChI=1S/C13H25N/c1-8-12(5,6)13(7,9-2)14-10-11(3)4/h10H,3,8-9H2,1-2,4-7H3/b14-10+. The Balaban J connectivity index is 4.89. The molecule has 0 aromatic carbocycles. The fraction of sp³-hybridized carbons (Fsp3) is 0.769. The van der Waals surface area contributed by atoms with Crippen LogP contribution in [0.3, 0.4) is 0 Å². The number of nitrogens with zero attached hydrogens (tertiary/aromatic N) is 1. The lowest BCUT2D eigenvalue weighted by Gasteiger charge is -2.40. The largest absolute Gasteiger partial charge is 0.286 e. The lowest BCUT2D eigenvalue weighted by molar-refractivity contribution is 0.173. The molecule has 0 spiro atoms. The number of hydrogen-bond donors (Lipinski definition) is 0. The van der Waals surface area contributed by atoms with Crippen LogP contribution in [0.2, 0.25) is 0 Å². The van der Waals surface area contributed by atoms with Gasteiger partial charge in [-0.3, -0.25) is 4.99 Å². The fourth-order valence-corrected chi connectivity index (χ4v) is 1.38. The second-order valence-corrected chi connectivity index (χ2v) is 4.97. The van der Waals surface area contributed by atoms with E-state index in [1.165, 1.54) is 0 Å². The molecule has 0 aliphatic rings. The summed E-state index contributed by atoms with van der Waals surface area (Å²) >= 11 is 0. The highest BCUT2D eigenvalue weighted by Crippen LogP contribution is 2.39. The number of allylic oxidation sites excluding steroid dienone is 1. The number of aliphatic imine (C=N–C) groups is 1. The van der Waals surface area contributed by atoms with Gasteiger partial charge in [-0.15, -0.1) is 0 Å². The average molecular weight is 195 g/mol. The predicted molar refractivity (Wildman–Crippen MR) is 66.1 cm³/mol. The molecule has 1 atom stereocenters. The van der Waals surface area contributed by atoms with Gasteiger partial charge in [0.1, 0.15) is 0 Å². The van der Waals surface area contributed by atoms with Gasteiger partial charge in [0.25, 0.3) is 0 Å². The van der Waals surface area contributed by atoms with Crippen molar-refractivity contribution in [3.05, 3.63) is 12.2 Å². The summed E-state index contributed by atoms with van der Waals surface area (Å²) in [6.45, 7) is 17.1. The summed E-state index contributed by atoms with van der Waals surface area (Å²) < 4.78 is 0. The first-order valence-electron chi connectivity index (χ1n) is 5.50. The first kappa shape index (κ1) is 13.4. The summed E-state index contributed by atoms with van der Waals surface area (Å²) in [6.07, 6.45) is 4.11. The lowest BCUT2D eigenvalue weighted by atomic mass is 9.70. The van der Waals surface area contributed by atoms with Gasteiger partial charge in [0, 0.05) is 6.21 Å². The van der Waals surface area contributed by atoms with Gasteiger partial charge in [-0.25, -0.2) is 0 Å². The third-order valence-corrected chi connectivity index (χ3v) is 3.60.